The van der Waals surface area contributed by atoms with E-state index in [4.69, 9.17) is 5.73 Å². The van der Waals surface area contributed by atoms with Gasteiger partial charge in [0.1, 0.15) is 18.2 Å². The van der Waals surface area contributed by atoms with Gasteiger partial charge in [-0.05, 0) is 32.8 Å². The van der Waals surface area contributed by atoms with E-state index in [1.807, 2.05) is 30.7 Å². The molecule has 0 spiro atoms. The molecule has 1 saturated carbocycles. The number of aliphatic hydroxyl groups excluding tert-OH is 1. The average molecular weight is 513 g/mol. The van der Waals surface area contributed by atoms with Gasteiger partial charge in [-0.3, -0.25) is 4.79 Å². The summed E-state index contributed by atoms with van der Waals surface area (Å²) in [6.45, 7) is 3.45. The number of nitrogens with two attached hydrogens (primary N) is 1. The zero-order chi connectivity index (χ0) is 26.0. The standard InChI is InChI=1S/C23H28N8O4S/c1-14(2)31-12-19(30(3)22(33)13-32)17-11-26-21(8-18(17)31)28-20-6-7-25-23(29-20)15(9-24)10-27-36(34,35)16-4-5-16/h6-12,14,16,32H,4-5,13,24H2,1-3H3,(H,25,26,28,29). The van der Waals surface area contributed by atoms with Crippen LogP contribution in [0.3, 0.4) is 0 Å². The van der Waals surface area contributed by atoms with Crippen LogP contribution in [0.25, 0.3) is 16.5 Å². The number of rotatable bonds is 9. The van der Waals surface area contributed by atoms with Gasteiger partial charge in [0.15, 0.2) is 5.82 Å². The molecule has 1 amide bonds. The first-order valence-electron chi connectivity index (χ1n) is 11.3. The summed E-state index contributed by atoms with van der Waals surface area (Å²) in [7, 11) is -1.95. The number of hydrogen-bond acceptors (Lipinski definition) is 9. The highest BCUT2D eigenvalue weighted by molar-refractivity contribution is 7.91. The zero-order valence-electron chi connectivity index (χ0n) is 20.2. The van der Waals surface area contributed by atoms with Crippen molar-refractivity contribution in [1.82, 2.24) is 19.5 Å². The van der Waals surface area contributed by atoms with Gasteiger partial charge in [-0.2, -0.15) is 4.40 Å². The quantitative estimate of drug-likeness (QED) is 0.363. The summed E-state index contributed by atoms with van der Waals surface area (Å²) in [5, 5.41) is 12.7. The number of amides is 1. The summed E-state index contributed by atoms with van der Waals surface area (Å²) < 4.78 is 29.9. The van der Waals surface area contributed by atoms with Crippen LogP contribution < -0.4 is 16.0 Å². The molecular formula is C23H28N8O4S. The second-order valence-corrected chi connectivity index (χ2v) is 10.6. The Morgan fingerprint density at radius 1 is 1.36 bits per heavy atom. The summed E-state index contributed by atoms with van der Waals surface area (Å²) >= 11 is 0. The van der Waals surface area contributed by atoms with Crippen molar-refractivity contribution in [1.29, 1.82) is 0 Å². The highest BCUT2D eigenvalue weighted by Gasteiger charge is 2.35. The first-order chi connectivity index (χ1) is 17.1. The van der Waals surface area contributed by atoms with Crippen molar-refractivity contribution in [2.24, 2.45) is 10.1 Å². The van der Waals surface area contributed by atoms with E-state index in [1.165, 1.54) is 17.3 Å². The molecule has 1 fully saturated rings. The number of sulfonamides is 1. The van der Waals surface area contributed by atoms with Gasteiger partial charge in [-0.15, -0.1) is 0 Å². The van der Waals surface area contributed by atoms with Crippen molar-refractivity contribution in [2.75, 3.05) is 23.9 Å². The first-order valence-corrected chi connectivity index (χ1v) is 12.8. The second-order valence-electron chi connectivity index (χ2n) is 8.67. The number of carbonyl (C=O) groups is 1. The van der Waals surface area contributed by atoms with Crippen LogP contribution in [0.2, 0.25) is 0 Å². The molecule has 3 aromatic rings. The smallest absolute Gasteiger partial charge is 0.255 e. The molecule has 0 saturated heterocycles. The van der Waals surface area contributed by atoms with Gasteiger partial charge in [0.2, 0.25) is 0 Å². The molecule has 190 valence electrons. The molecule has 0 unspecified atom stereocenters. The topological polar surface area (TPSA) is 169 Å². The Kier molecular flexibility index (Phi) is 7.04. The number of allylic oxidation sites excluding steroid dienone is 1. The fourth-order valence-corrected chi connectivity index (χ4v) is 4.75. The molecule has 4 N–H and O–H groups in total. The van der Waals surface area contributed by atoms with Crippen LogP contribution in [-0.4, -0.2) is 64.1 Å². The third-order valence-corrected chi connectivity index (χ3v) is 7.47. The molecular weight excluding hydrogens is 484 g/mol. The predicted molar refractivity (Wildman–Crippen MR) is 139 cm³/mol. The third-order valence-electron chi connectivity index (χ3n) is 5.76. The van der Waals surface area contributed by atoms with Crippen molar-refractivity contribution in [2.45, 2.75) is 38.0 Å². The maximum atomic E-state index is 12.1. The van der Waals surface area contributed by atoms with Gasteiger partial charge in [-0.25, -0.2) is 23.4 Å². The molecule has 3 aromatic heterocycles. The highest BCUT2D eigenvalue weighted by atomic mass is 32.2. The number of anilines is 3. The zero-order valence-corrected chi connectivity index (χ0v) is 21.0. The number of nitrogens with zero attached hydrogens (tertiary/aromatic N) is 6. The molecule has 0 aliphatic heterocycles. The molecule has 0 aromatic carbocycles. The normalized spacial score (nSPS) is 14.6. The van der Waals surface area contributed by atoms with E-state index in [0.29, 0.717) is 30.2 Å². The molecule has 36 heavy (non-hydrogen) atoms. The van der Waals surface area contributed by atoms with Crippen LogP contribution >= 0.6 is 0 Å². The Morgan fingerprint density at radius 2 is 2.11 bits per heavy atom. The van der Waals surface area contributed by atoms with E-state index in [2.05, 4.69) is 24.7 Å². The fourth-order valence-electron chi connectivity index (χ4n) is 3.59. The lowest BCUT2D eigenvalue weighted by Gasteiger charge is -2.14. The number of fused-ring (bicyclic) bond motifs is 1. The van der Waals surface area contributed by atoms with E-state index < -0.39 is 27.8 Å². The highest BCUT2D eigenvalue weighted by Crippen LogP contribution is 2.32. The Morgan fingerprint density at radius 3 is 2.75 bits per heavy atom. The van der Waals surface area contributed by atoms with Crippen molar-refractivity contribution >= 4 is 55.9 Å². The van der Waals surface area contributed by atoms with Crippen LogP contribution in [0.5, 0.6) is 0 Å². The summed E-state index contributed by atoms with van der Waals surface area (Å²) in [6, 6.07) is 3.58. The molecule has 1 aliphatic carbocycles. The maximum absolute atomic E-state index is 12.1. The van der Waals surface area contributed by atoms with Crippen molar-refractivity contribution in [3.63, 3.8) is 0 Å². The minimum Gasteiger partial charge on any atom is -0.404 e. The summed E-state index contributed by atoms with van der Waals surface area (Å²) in [4.78, 5) is 26.5. The Balaban J connectivity index is 1.63. The summed E-state index contributed by atoms with van der Waals surface area (Å²) in [6.07, 6.45) is 8.62. The lowest BCUT2D eigenvalue weighted by molar-refractivity contribution is -0.120. The van der Waals surface area contributed by atoms with Gasteiger partial charge in [0.05, 0.1) is 28.2 Å². The fraction of sp³-hybridized carbons (Fsp3) is 0.348. The summed E-state index contributed by atoms with van der Waals surface area (Å²) in [5.74, 6) is 0.694. The lowest BCUT2D eigenvalue weighted by atomic mass is 10.2. The van der Waals surface area contributed by atoms with E-state index in [1.54, 1.807) is 19.3 Å². The molecule has 1 aliphatic rings. The van der Waals surface area contributed by atoms with Crippen LogP contribution in [0.15, 0.2) is 41.3 Å². The molecule has 12 nitrogen and oxygen atoms in total. The van der Waals surface area contributed by atoms with Crippen molar-refractivity contribution in [3.05, 3.63) is 42.7 Å². The molecule has 0 atom stereocenters. The SMILES string of the molecule is CC(C)n1cc(N(C)C(=O)CO)c2cnc(Nc3ccnc(C(C=NS(=O)(=O)C4CC4)=CN)n3)cc21. The van der Waals surface area contributed by atoms with Crippen LogP contribution in [0, 0.1) is 0 Å². The van der Waals surface area contributed by atoms with Gasteiger partial charge < -0.3 is 25.6 Å². The first kappa shape index (κ1) is 25.3. The molecule has 0 radical (unpaired) electrons. The minimum absolute atomic E-state index is 0.100. The third kappa shape index (κ3) is 5.21. The average Bonchev–Trinajstić information content (AvgIpc) is 3.65. The second kappa shape index (κ2) is 10.0. The number of likely N-dealkylation sites (N-methyl/N-ethyl adjacent to an activating group) is 1. The number of nitrogens with one attached hydrogen (secondary N) is 1. The Bertz CT molecular complexity index is 1460. The van der Waals surface area contributed by atoms with Gasteiger partial charge in [-0.1, -0.05) is 0 Å². The number of aromatic nitrogens is 4. The van der Waals surface area contributed by atoms with Gasteiger partial charge >= 0.3 is 0 Å². The van der Waals surface area contributed by atoms with Crippen molar-refractivity contribution in [3.8, 4) is 0 Å². The summed E-state index contributed by atoms with van der Waals surface area (Å²) in [5.41, 5.74) is 7.43. The van der Waals surface area contributed by atoms with E-state index in [0.717, 1.165) is 17.1 Å². The molecule has 0 bridgehead atoms. The number of pyridine rings is 1. The van der Waals surface area contributed by atoms with Crippen LogP contribution in [0.4, 0.5) is 17.3 Å². The molecule has 13 heteroatoms. The van der Waals surface area contributed by atoms with E-state index in [9.17, 15) is 18.3 Å². The Labute approximate surface area is 208 Å². The van der Waals surface area contributed by atoms with E-state index >= 15 is 0 Å². The van der Waals surface area contributed by atoms with Crippen molar-refractivity contribution < 1.29 is 18.3 Å². The molecule has 3 heterocycles. The maximum Gasteiger partial charge on any atom is 0.255 e. The lowest BCUT2D eigenvalue weighted by Crippen LogP contribution is -2.28. The van der Waals surface area contributed by atoms with Gasteiger partial charge in [0.25, 0.3) is 15.9 Å². The number of carbonyl (C=O) groups excluding carboxylic acids is 1. The largest absolute Gasteiger partial charge is 0.404 e. The van der Waals surface area contributed by atoms with Crippen LogP contribution in [0.1, 0.15) is 38.6 Å². The molecule has 4 rings (SSSR count). The minimum atomic E-state index is -3.55. The van der Waals surface area contributed by atoms with Crippen LogP contribution in [-0.2, 0) is 14.8 Å². The number of hydrogen-bond donors (Lipinski definition) is 3. The van der Waals surface area contributed by atoms with Gasteiger partial charge in [0, 0.05) is 49.3 Å². The predicted octanol–water partition coefficient (Wildman–Crippen LogP) is 1.97. The van der Waals surface area contributed by atoms with E-state index in [-0.39, 0.29) is 17.4 Å². The monoisotopic (exact) mass is 512 g/mol. The Hall–Kier alpha value is -3.84. The number of aliphatic hydroxyl groups is 1.